The van der Waals surface area contributed by atoms with Crippen LogP contribution in [0, 0.1) is 0 Å². The van der Waals surface area contributed by atoms with Crippen LogP contribution in [0.5, 0.6) is 11.5 Å². The SMILES string of the molecule is NCCCCc1c(-c2cccc(Oc3ccccc3)c2)[nH]c2c(Br)cccc12. The van der Waals surface area contributed by atoms with Crippen molar-refractivity contribution >= 4 is 26.8 Å². The zero-order valence-corrected chi connectivity index (χ0v) is 17.2. The van der Waals surface area contributed by atoms with Crippen LogP contribution in [0.2, 0.25) is 0 Å². The van der Waals surface area contributed by atoms with Crippen molar-refractivity contribution < 1.29 is 4.74 Å². The smallest absolute Gasteiger partial charge is 0.128 e. The summed E-state index contributed by atoms with van der Waals surface area (Å²) in [4.78, 5) is 3.63. The predicted octanol–water partition coefficient (Wildman–Crippen LogP) is 6.67. The lowest BCUT2D eigenvalue weighted by molar-refractivity contribution is 0.483. The van der Waals surface area contributed by atoms with Gasteiger partial charge in [-0.15, -0.1) is 0 Å². The number of rotatable bonds is 7. The number of fused-ring (bicyclic) bond motifs is 1. The fourth-order valence-electron chi connectivity index (χ4n) is 3.53. The Bertz CT molecular complexity index is 1070. The molecular formula is C24H23BrN2O. The highest BCUT2D eigenvalue weighted by atomic mass is 79.9. The summed E-state index contributed by atoms with van der Waals surface area (Å²) in [6.07, 6.45) is 3.09. The number of hydrogen-bond donors (Lipinski definition) is 2. The Hall–Kier alpha value is -2.56. The van der Waals surface area contributed by atoms with Gasteiger partial charge >= 0.3 is 0 Å². The molecule has 4 heteroatoms. The minimum atomic E-state index is 0.724. The molecule has 0 amide bonds. The Labute approximate surface area is 173 Å². The van der Waals surface area contributed by atoms with Gasteiger partial charge in [0.2, 0.25) is 0 Å². The molecule has 0 bridgehead atoms. The van der Waals surface area contributed by atoms with E-state index in [1.54, 1.807) is 0 Å². The van der Waals surface area contributed by atoms with Crippen LogP contribution in [0.25, 0.3) is 22.2 Å². The molecule has 4 rings (SSSR count). The van der Waals surface area contributed by atoms with Gasteiger partial charge in [-0.3, -0.25) is 0 Å². The molecule has 0 aliphatic carbocycles. The first-order chi connectivity index (χ1) is 13.8. The van der Waals surface area contributed by atoms with Gasteiger partial charge in [-0.2, -0.15) is 0 Å². The minimum absolute atomic E-state index is 0.724. The third-order valence-corrected chi connectivity index (χ3v) is 5.53. The van der Waals surface area contributed by atoms with E-state index < -0.39 is 0 Å². The average Bonchev–Trinajstić information content (AvgIpc) is 3.09. The molecule has 0 atom stereocenters. The highest BCUT2D eigenvalue weighted by Crippen LogP contribution is 2.36. The van der Waals surface area contributed by atoms with Crippen molar-refractivity contribution in [2.45, 2.75) is 19.3 Å². The van der Waals surface area contributed by atoms with Gasteiger partial charge in [0.1, 0.15) is 11.5 Å². The lowest BCUT2D eigenvalue weighted by atomic mass is 10.00. The van der Waals surface area contributed by atoms with Crippen LogP contribution in [0.1, 0.15) is 18.4 Å². The molecule has 0 fully saturated rings. The average molecular weight is 435 g/mol. The number of ether oxygens (including phenoxy) is 1. The van der Waals surface area contributed by atoms with Crippen LogP contribution >= 0.6 is 15.9 Å². The molecule has 0 spiro atoms. The molecule has 4 aromatic rings. The molecule has 0 saturated carbocycles. The molecule has 142 valence electrons. The molecular weight excluding hydrogens is 412 g/mol. The highest BCUT2D eigenvalue weighted by Gasteiger charge is 2.15. The van der Waals surface area contributed by atoms with Crippen LogP contribution in [-0.2, 0) is 6.42 Å². The van der Waals surface area contributed by atoms with Crippen molar-refractivity contribution in [3.63, 3.8) is 0 Å². The normalized spacial score (nSPS) is 11.1. The van der Waals surface area contributed by atoms with Gasteiger partial charge in [0.25, 0.3) is 0 Å². The number of aromatic amines is 1. The Kier molecular flexibility index (Phi) is 5.79. The molecule has 0 aliphatic heterocycles. The number of aromatic nitrogens is 1. The van der Waals surface area contributed by atoms with Crippen molar-refractivity contribution in [1.82, 2.24) is 4.98 Å². The number of hydrogen-bond acceptors (Lipinski definition) is 2. The molecule has 3 N–H and O–H groups in total. The molecule has 3 nitrogen and oxygen atoms in total. The van der Waals surface area contributed by atoms with E-state index in [9.17, 15) is 0 Å². The maximum atomic E-state index is 6.04. The zero-order chi connectivity index (χ0) is 19.3. The van der Waals surface area contributed by atoms with Gasteiger partial charge in [0.05, 0.1) is 5.52 Å². The number of nitrogens with one attached hydrogen (secondary N) is 1. The van der Waals surface area contributed by atoms with Gasteiger partial charge in [-0.25, -0.2) is 0 Å². The number of unbranched alkanes of at least 4 members (excludes halogenated alkanes) is 1. The van der Waals surface area contributed by atoms with Crippen LogP contribution in [0.3, 0.4) is 0 Å². The largest absolute Gasteiger partial charge is 0.457 e. The zero-order valence-electron chi connectivity index (χ0n) is 15.6. The third kappa shape index (κ3) is 3.98. The quantitative estimate of drug-likeness (QED) is 0.319. The minimum Gasteiger partial charge on any atom is -0.457 e. The van der Waals surface area contributed by atoms with E-state index >= 15 is 0 Å². The summed E-state index contributed by atoms with van der Waals surface area (Å²) >= 11 is 3.68. The second-order valence-corrected chi connectivity index (χ2v) is 7.68. The second-order valence-electron chi connectivity index (χ2n) is 6.83. The first-order valence-electron chi connectivity index (χ1n) is 9.59. The lowest BCUT2D eigenvalue weighted by Crippen LogP contribution is -1.99. The van der Waals surface area contributed by atoms with Crippen molar-refractivity contribution in [2.75, 3.05) is 6.54 Å². The summed E-state index contributed by atoms with van der Waals surface area (Å²) in [7, 11) is 0. The van der Waals surface area contributed by atoms with E-state index in [1.165, 1.54) is 10.9 Å². The number of H-pyrrole nitrogens is 1. The second kappa shape index (κ2) is 8.63. The van der Waals surface area contributed by atoms with E-state index in [0.717, 1.165) is 58.6 Å². The van der Waals surface area contributed by atoms with E-state index in [0.29, 0.717) is 0 Å². The predicted molar refractivity (Wildman–Crippen MR) is 120 cm³/mol. The Morgan fingerprint density at radius 1 is 0.857 bits per heavy atom. The van der Waals surface area contributed by atoms with Crippen LogP contribution in [0.4, 0.5) is 0 Å². The van der Waals surface area contributed by atoms with Crippen LogP contribution < -0.4 is 10.5 Å². The molecule has 28 heavy (non-hydrogen) atoms. The van der Waals surface area contributed by atoms with Gasteiger partial charge in [-0.05, 0) is 77.6 Å². The standard InChI is InChI=1S/C24H23BrN2O/c25-22-14-7-13-21-20(12-4-5-15-26)23(27-24(21)22)17-8-6-11-19(16-17)28-18-9-2-1-3-10-18/h1-3,6-11,13-14,16,27H,4-5,12,15,26H2. The van der Waals surface area contributed by atoms with Crippen molar-refractivity contribution in [1.29, 1.82) is 0 Å². The van der Waals surface area contributed by atoms with Crippen LogP contribution in [0.15, 0.2) is 77.3 Å². The maximum absolute atomic E-state index is 6.04. The number of halogens is 1. The molecule has 1 heterocycles. The highest BCUT2D eigenvalue weighted by molar-refractivity contribution is 9.10. The molecule has 0 saturated heterocycles. The molecule has 3 aromatic carbocycles. The number of aryl methyl sites for hydroxylation is 1. The number of nitrogens with two attached hydrogens (primary N) is 1. The van der Waals surface area contributed by atoms with E-state index in [1.807, 2.05) is 42.5 Å². The van der Waals surface area contributed by atoms with E-state index in [2.05, 4.69) is 51.2 Å². The van der Waals surface area contributed by atoms with Crippen LogP contribution in [-0.4, -0.2) is 11.5 Å². The molecule has 1 aromatic heterocycles. The molecule has 0 aliphatic rings. The topological polar surface area (TPSA) is 51.0 Å². The van der Waals surface area contributed by atoms with Crippen molar-refractivity contribution in [2.24, 2.45) is 5.73 Å². The maximum Gasteiger partial charge on any atom is 0.128 e. The van der Waals surface area contributed by atoms with Crippen molar-refractivity contribution in [3.8, 4) is 22.8 Å². The summed E-state index contributed by atoms with van der Waals surface area (Å²) in [6.45, 7) is 0.724. The Morgan fingerprint density at radius 2 is 1.64 bits per heavy atom. The Balaban J connectivity index is 1.74. The summed E-state index contributed by atoms with van der Waals surface area (Å²) in [5.74, 6) is 1.66. The van der Waals surface area contributed by atoms with Gasteiger partial charge < -0.3 is 15.5 Å². The fraction of sp³-hybridized carbons (Fsp3) is 0.167. The van der Waals surface area contributed by atoms with E-state index in [4.69, 9.17) is 10.5 Å². The number of benzene rings is 3. The fourth-order valence-corrected chi connectivity index (χ4v) is 3.99. The summed E-state index contributed by atoms with van der Waals surface area (Å²) < 4.78 is 7.11. The molecule has 0 unspecified atom stereocenters. The first-order valence-corrected chi connectivity index (χ1v) is 10.4. The van der Waals surface area contributed by atoms with E-state index in [-0.39, 0.29) is 0 Å². The van der Waals surface area contributed by atoms with Crippen molar-refractivity contribution in [3.05, 3.63) is 82.8 Å². The van der Waals surface area contributed by atoms with Gasteiger partial charge in [0, 0.05) is 21.1 Å². The lowest BCUT2D eigenvalue weighted by Gasteiger charge is -2.09. The Morgan fingerprint density at radius 3 is 2.46 bits per heavy atom. The van der Waals surface area contributed by atoms with Gasteiger partial charge in [-0.1, -0.05) is 42.5 Å². The summed E-state index contributed by atoms with van der Waals surface area (Å²) in [6, 6.07) is 24.5. The van der Waals surface area contributed by atoms with Gasteiger partial charge in [0.15, 0.2) is 0 Å². The summed E-state index contributed by atoms with van der Waals surface area (Å²) in [5, 5.41) is 1.26. The third-order valence-electron chi connectivity index (χ3n) is 4.87. The molecule has 0 radical (unpaired) electrons. The summed E-state index contributed by atoms with van der Waals surface area (Å²) in [5.41, 5.74) is 10.5. The first kappa shape index (κ1) is 18.8. The monoisotopic (exact) mass is 434 g/mol. The number of para-hydroxylation sites is 2.